The number of nitrogens with zero attached hydrogens (tertiary/aromatic N) is 1. The molecule has 2 heteroatoms. The minimum absolute atomic E-state index is 0.134. The lowest BCUT2D eigenvalue weighted by atomic mass is 9.95. The van der Waals surface area contributed by atoms with Crippen LogP contribution in [0.2, 0.25) is 0 Å². The maximum atomic E-state index is 13.8. The van der Waals surface area contributed by atoms with Gasteiger partial charge in [0.1, 0.15) is 6.17 Å². The number of hydrogen-bond donors (Lipinski definition) is 0. The number of likely N-dealkylation sites (tertiary alicyclic amines) is 1. The smallest absolute Gasteiger partial charge is 0.113 e. The van der Waals surface area contributed by atoms with Gasteiger partial charge >= 0.3 is 0 Å². The summed E-state index contributed by atoms with van der Waals surface area (Å²) in [5, 5.41) is 0. The van der Waals surface area contributed by atoms with Gasteiger partial charge in [-0.25, -0.2) is 4.39 Å². The van der Waals surface area contributed by atoms with Crippen LogP contribution in [0.15, 0.2) is 0 Å². The van der Waals surface area contributed by atoms with Crippen molar-refractivity contribution in [3.63, 3.8) is 0 Å². The molecule has 0 bridgehead atoms. The van der Waals surface area contributed by atoms with Crippen LogP contribution in [-0.4, -0.2) is 29.2 Å². The van der Waals surface area contributed by atoms with E-state index in [4.69, 9.17) is 0 Å². The molecule has 1 fully saturated rings. The highest BCUT2D eigenvalue weighted by Gasteiger charge is 2.35. The van der Waals surface area contributed by atoms with Crippen LogP contribution in [-0.2, 0) is 0 Å². The third-order valence-corrected chi connectivity index (χ3v) is 3.91. The third kappa shape index (κ3) is 3.19. The van der Waals surface area contributed by atoms with Gasteiger partial charge in [0.15, 0.2) is 0 Å². The molecule has 0 radical (unpaired) electrons. The van der Waals surface area contributed by atoms with Crippen molar-refractivity contribution >= 4 is 0 Å². The Morgan fingerprint density at radius 2 is 1.44 bits per heavy atom. The molecule has 0 aliphatic carbocycles. The van der Waals surface area contributed by atoms with Crippen molar-refractivity contribution in [3.05, 3.63) is 0 Å². The van der Waals surface area contributed by atoms with Gasteiger partial charge in [0.2, 0.25) is 0 Å². The summed E-state index contributed by atoms with van der Waals surface area (Å²) in [6, 6.07) is 1.15. The van der Waals surface area contributed by atoms with E-state index in [0.717, 1.165) is 6.42 Å². The molecule has 0 aromatic rings. The summed E-state index contributed by atoms with van der Waals surface area (Å²) in [6.07, 6.45) is 4.00. The topological polar surface area (TPSA) is 3.24 Å². The second-order valence-electron chi connectivity index (χ2n) is 5.88. The summed E-state index contributed by atoms with van der Waals surface area (Å²) in [5.41, 5.74) is 0. The maximum absolute atomic E-state index is 13.8. The Labute approximate surface area is 100 Å². The van der Waals surface area contributed by atoms with Crippen LogP contribution in [0.3, 0.4) is 0 Å². The summed E-state index contributed by atoms with van der Waals surface area (Å²) in [4.78, 5) is 2.45. The largest absolute Gasteiger partial charge is 0.292 e. The molecule has 0 saturated carbocycles. The fraction of sp³-hybridized carbons (Fsp3) is 1.00. The molecule has 96 valence electrons. The Morgan fingerprint density at radius 3 is 1.81 bits per heavy atom. The van der Waals surface area contributed by atoms with Crippen molar-refractivity contribution in [2.24, 2.45) is 5.92 Å². The molecule has 0 aromatic carbocycles. The summed E-state index contributed by atoms with van der Waals surface area (Å²) in [6.45, 7) is 10.7. The molecule has 3 unspecified atom stereocenters. The molecular weight excluding hydrogens is 201 g/mol. The van der Waals surface area contributed by atoms with Crippen molar-refractivity contribution in [2.75, 3.05) is 0 Å². The first-order chi connectivity index (χ1) is 7.45. The lowest BCUT2D eigenvalue weighted by Crippen LogP contribution is -2.51. The van der Waals surface area contributed by atoms with Gasteiger partial charge in [-0.3, -0.25) is 4.90 Å². The average molecular weight is 229 g/mol. The van der Waals surface area contributed by atoms with Gasteiger partial charge in [-0.2, -0.15) is 0 Å². The van der Waals surface area contributed by atoms with Crippen molar-refractivity contribution in [3.8, 4) is 0 Å². The predicted octanol–water partition coefficient (Wildman–Crippen LogP) is 4.02. The van der Waals surface area contributed by atoms with Gasteiger partial charge in [-0.05, 0) is 39.5 Å². The number of alkyl halides is 1. The predicted molar refractivity (Wildman–Crippen MR) is 68.4 cm³/mol. The second kappa shape index (κ2) is 6.00. The Morgan fingerprint density at radius 1 is 0.938 bits per heavy atom. The molecule has 0 amide bonds. The van der Waals surface area contributed by atoms with Gasteiger partial charge in [-0.15, -0.1) is 0 Å². The zero-order valence-corrected chi connectivity index (χ0v) is 11.5. The first-order valence-corrected chi connectivity index (χ1v) is 6.86. The number of halogens is 1. The van der Waals surface area contributed by atoms with Gasteiger partial charge in [0.05, 0.1) is 0 Å². The van der Waals surface area contributed by atoms with Crippen LogP contribution >= 0.6 is 0 Å². The van der Waals surface area contributed by atoms with Gasteiger partial charge in [0.25, 0.3) is 0 Å². The fourth-order valence-electron chi connectivity index (χ4n) is 3.16. The van der Waals surface area contributed by atoms with Crippen LogP contribution in [0, 0.1) is 5.92 Å². The normalized spacial score (nSPS) is 30.8. The fourth-order valence-corrected chi connectivity index (χ4v) is 3.16. The van der Waals surface area contributed by atoms with Crippen LogP contribution < -0.4 is 0 Å². The summed E-state index contributed by atoms with van der Waals surface area (Å²) in [5.74, 6) is 0.627. The zero-order chi connectivity index (χ0) is 12.3. The van der Waals surface area contributed by atoms with Crippen LogP contribution in [0.1, 0.15) is 60.3 Å². The second-order valence-corrected chi connectivity index (χ2v) is 5.88. The quantitative estimate of drug-likeness (QED) is 0.706. The highest BCUT2D eigenvalue weighted by Crippen LogP contribution is 2.30. The number of rotatable bonds is 3. The van der Waals surface area contributed by atoms with Crippen LogP contribution in [0.4, 0.5) is 4.39 Å². The molecule has 0 spiro atoms. The first-order valence-electron chi connectivity index (χ1n) is 6.86. The van der Waals surface area contributed by atoms with E-state index >= 15 is 0 Å². The summed E-state index contributed by atoms with van der Waals surface area (Å²) < 4.78 is 13.8. The number of hydrogen-bond acceptors (Lipinski definition) is 1. The van der Waals surface area contributed by atoms with E-state index in [1.165, 1.54) is 19.3 Å². The van der Waals surface area contributed by atoms with E-state index in [-0.39, 0.29) is 6.04 Å². The molecular formula is C14H28FN. The average Bonchev–Trinajstić information content (AvgIpc) is 2.38. The summed E-state index contributed by atoms with van der Waals surface area (Å²) >= 11 is 0. The standard InChI is InChI=1S/C14H28FN/c1-10(2)13-8-6-7-9-14(12(5)15)16(13)11(3)4/h10-14H,6-9H2,1-5H3. The van der Waals surface area contributed by atoms with E-state index in [0.29, 0.717) is 18.0 Å². The summed E-state index contributed by atoms with van der Waals surface area (Å²) in [7, 11) is 0. The minimum atomic E-state index is -0.707. The molecule has 1 heterocycles. The van der Waals surface area contributed by atoms with Crippen LogP contribution in [0.25, 0.3) is 0 Å². The molecule has 1 rings (SSSR count). The van der Waals surface area contributed by atoms with Crippen molar-refractivity contribution in [1.82, 2.24) is 4.90 Å². The first kappa shape index (κ1) is 14.0. The molecule has 1 aliphatic heterocycles. The van der Waals surface area contributed by atoms with Gasteiger partial charge in [0, 0.05) is 18.1 Å². The highest BCUT2D eigenvalue weighted by molar-refractivity contribution is 4.89. The molecule has 16 heavy (non-hydrogen) atoms. The van der Waals surface area contributed by atoms with E-state index in [1.54, 1.807) is 6.92 Å². The lowest BCUT2D eigenvalue weighted by molar-refractivity contribution is 0.0315. The lowest BCUT2D eigenvalue weighted by Gasteiger charge is -2.42. The highest BCUT2D eigenvalue weighted by atomic mass is 19.1. The van der Waals surface area contributed by atoms with E-state index in [2.05, 4.69) is 32.6 Å². The van der Waals surface area contributed by atoms with Gasteiger partial charge < -0.3 is 0 Å². The molecule has 0 aromatic heterocycles. The Balaban J connectivity index is 2.89. The molecule has 0 N–H and O–H groups in total. The molecule has 1 aliphatic rings. The Hall–Kier alpha value is -0.110. The monoisotopic (exact) mass is 229 g/mol. The molecule has 3 atom stereocenters. The van der Waals surface area contributed by atoms with Crippen molar-refractivity contribution < 1.29 is 4.39 Å². The van der Waals surface area contributed by atoms with Crippen LogP contribution in [0.5, 0.6) is 0 Å². The molecule has 1 saturated heterocycles. The maximum Gasteiger partial charge on any atom is 0.113 e. The minimum Gasteiger partial charge on any atom is -0.292 e. The van der Waals surface area contributed by atoms with Crippen molar-refractivity contribution in [1.29, 1.82) is 0 Å². The van der Waals surface area contributed by atoms with E-state index in [1.807, 2.05) is 0 Å². The van der Waals surface area contributed by atoms with E-state index < -0.39 is 6.17 Å². The molecule has 1 nitrogen and oxygen atoms in total. The van der Waals surface area contributed by atoms with Crippen molar-refractivity contribution in [2.45, 2.75) is 84.6 Å². The Kier molecular flexibility index (Phi) is 5.23. The third-order valence-electron chi connectivity index (χ3n) is 3.91. The zero-order valence-electron chi connectivity index (χ0n) is 11.5. The Bertz CT molecular complexity index is 183. The van der Waals surface area contributed by atoms with Gasteiger partial charge in [-0.1, -0.05) is 26.7 Å². The van der Waals surface area contributed by atoms with E-state index in [9.17, 15) is 4.39 Å². The SMILES string of the molecule is CC(C)C1CCCCC(C(C)F)N1C(C)C.